The monoisotopic (exact) mass is 252 g/mol. The van der Waals surface area contributed by atoms with E-state index in [2.05, 4.69) is 5.32 Å². The largest absolute Gasteiger partial charge is 0.397 e. The van der Waals surface area contributed by atoms with Crippen molar-refractivity contribution in [2.24, 2.45) is 5.73 Å². The maximum Gasteiger partial charge on any atom is 0.267 e. The number of amides is 2. The average Bonchev–Trinajstić information content (AvgIpc) is 2.66. The number of nitrogen functional groups attached to an aromatic ring is 1. The molecule has 0 aromatic carbocycles. The molecule has 1 aromatic rings. The van der Waals surface area contributed by atoms with Gasteiger partial charge in [0.2, 0.25) is 5.91 Å². The lowest BCUT2D eigenvalue weighted by atomic mass is 10.3. The second kappa shape index (κ2) is 6.68. The molecule has 0 aliphatic carbocycles. The highest BCUT2D eigenvalue weighted by Gasteiger charge is 2.11. The van der Waals surface area contributed by atoms with Crippen LogP contribution in [0.5, 0.6) is 0 Å². The van der Waals surface area contributed by atoms with Gasteiger partial charge in [-0.3, -0.25) is 9.59 Å². The molecule has 0 bridgehead atoms. The summed E-state index contributed by atoms with van der Waals surface area (Å²) in [7, 11) is 0. The van der Waals surface area contributed by atoms with Crippen LogP contribution in [0.25, 0.3) is 0 Å². The molecule has 0 fully saturated rings. The predicted octanol–water partition coefficient (Wildman–Crippen LogP) is 0.476. The van der Waals surface area contributed by atoms with Crippen molar-refractivity contribution in [2.45, 2.75) is 32.7 Å². The van der Waals surface area contributed by atoms with Crippen LogP contribution in [0, 0.1) is 0 Å². The van der Waals surface area contributed by atoms with E-state index in [0.29, 0.717) is 24.3 Å². The maximum atomic E-state index is 11.9. The smallest absolute Gasteiger partial charge is 0.267 e. The summed E-state index contributed by atoms with van der Waals surface area (Å²) in [5.41, 5.74) is 11.8. The molecule has 0 atom stereocenters. The second-order valence-corrected chi connectivity index (χ2v) is 4.18. The SMILES string of the molecule is CCCn1cc(N)cc1C(=O)NCCCC(N)=O. The molecule has 2 amide bonds. The number of hydrogen-bond acceptors (Lipinski definition) is 3. The number of nitrogens with one attached hydrogen (secondary N) is 1. The maximum absolute atomic E-state index is 11.9. The summed E-state index contributed by atoms with van der Waals surface area (Å²) in [5.74, 6) is -0.535. The third kappa shape index (κ3) is 4.12. The molecular weight excluding hydrogens is 232 g/mol. The van der Waals surface area contributed by atoms with Crippen molar-refractivity contribution in [3.05, 3.63) is 18.0 Å². The number of hydrogen-bond donors (Lipinski definition) is 3. The van der Waals surface area contributed by atoms with Gasteiger partial charge in [-0.15, -0.1) is 0 Å². The van der Waals surface area contributed by atoms with Crippen molar-refractivity contribution >= 4 is 17.5 Å². The Morgan fingerprint density at radius 2 is 2.17 bits per heavy atom. The Bertz CT molecular complexity index is 426. The molecule has 100 valence electrons. The van der Waals surface area contributed by atoms with Crippen molar-refractivity contribution in [1.29, 1.82) is 0 Å². The Morgan fingerprint density at radius 3 is 2.78 bits per heavy atom. The number of aryl methyl sites for hydroxylation is 1. The molecule has 1 rings (SSSR count). The molecule has 0 aliphatic heterocycles. The molecule has 6 nitrogen and oxygen atoms in total. The first kappa shape index (κ1) is 14.1. The lowest BCUT2D eigenvalue weighted by Gasteiger charge is -2.08. The molecule has 0 radical (unpaired) electrons. The lowest BCUT2D eigenvalue weighted by Crippen LogP contribution is -2.27. The molecule has 1 heterocycles. The van der Waals surface area contributed by atoms with Crippen LogP contribution in [-0.2, 0) is 11.3 Å². The van der Waals surface area contributed by atoms with Gasteiger partial charge in [-0.05, 0) is 18.9 Å². The van der Waals surface area contributed by atoms with E-state index in [0.717, 1.165) is 13.0 Å². The van der Waals surface area contributed by atoms with E-state index in [1.807, 2.05) is 11.5 Å². The van der Waals surface area contributed by atoms with Crippen LogP contribution < -0.4 is 16.8 Å². The Morgan fingerprint density at radius 1 is 1.44 bits per heavy atom. The highest BCUT2D eigenvalue weighted by atomic mass is 16.2. The average molecular weight is 252 g/mol. The molecule has 0 unspecified atom stereocenters. The molecule has 0 spiro atoms. The van der Waals surface area contributed by atoms with E-state index in [9.17, 15) is 9.59 Å². The minimum absolute atomic E-state index is 0.176. The fourth-order valence-electron chi connectivity index (χ4n) is 1.70. The van der Waals surface area contributed by atoms with Crippen molar-refractivity contribution in [3.63, 3.8) is 0 Å². The van der Waals surface area contributed by atoms with Gasteiger partial charge in [-0.1, -0.05) is 6.92 Å². The van der Waals surface area contributed by atoms with Gasteiger partial charge in [0.15, 0.2) is 0 Å². The molecule has 18 heavy (non-hydrogen) atoms. The van der Waals surface area contributed by atoms with E-state index in [1.165, 1.54) is 0 Å². The zero-order chi connectivity index (χ0) is 13.5. The van der Waals surface area contributed by atoms with E-state index in [1.54, 1.807) is 12.3 Å². The summed E-state index contributed by atoms with van der Waals surface area (Å²) in [4.78, 5) is 22.4. The van der Waals surface area contributed by atoms with Crippen molar-refractivity contribution in [2.75, 3.05) is 12.3 Å². The lowest BCUT2D eigenvalue weighted by molar-refractivity contribution is -0.118. The summed E-state index contributed by atoms with van der Waals surface area (Å²) in [6, 6.07) is 1.65. The normalized spacial score (nSPS) is 10.3. The highest BCUT2D eigenvalue weighted by Crippen LogP contribution is 2.11. The van der Waals surface area contributed by atoms with Gasteiger partial charge >= 0.3 is 0 Å². The van der Waals surface area contributed by atoms with Crippen LogP contribution in [0.4, 0.5) is 5.69 Å². The van der Waals surface area contributed by atoms with Gasteiger partial charge in [-0.2, -0.15) is 0 Å². The van der Waals surface area contributed by atoms with E-state index in [4.69, 9.17) is 11.5 Å². The molecule has 5 N–H and O–H groups in total. The predicted molar refractivity (Wildman–Crippen MR) is 69.9 cm³/mol. The van der Waals surface area contributed by atoms with Crippen LogP contribution in [0.2, 0.25) is 0 Å². The van der Waals surface area contributed by atoms with E-state index < -0.39 is 0 Å². The van der Waals surface area contributed by atoms with Crippen LogP contribution in [0.1, 0.15) is 36.7 Å². The van der Waals surface area contributed by atoms with Gasteiger partial charge in [0.05, 0.1) is 5.69 Å². The summed E-state index contributed by atoms with van der Waals surface area (Å²) in [6.45, 7) is 3.21. The summed E-state index contributed by atoms with van der Waals surface area (Å²) >= 11 is 0. The molecule has 0 saturated heterocycles. The van der Waals surface area contributed by atoms with Crippen LogP contribution in [0.15, 0.2) is 12.3 Å². The molecule has 0 aliphatic rings. The van der Waals surface area contributed by atoms with Gasteiger partial charge in [0, 0.05) is 25.7 Å². The zero-order valence-electron chi connectivity index (χ0n) is 10.6. The molecule has 1 aromatic heterocycles. The summed E-state index contributed by atoms with van der Waals surface area (Å²) < 4.78 is 1.83. The first-order valence-corrected chi connectivity index (χ1v) is 6.06. The third-order valence-corrected chi connectivity index (χ3v) is 2.50. The number of rotatable bonds is 7. The summed E-state index contributed by atoms with van der Waals surface area (Å²) in [5, 5.41) is 2.74. The van der Waals surface area contributed by atoms with Crippen LogP contribution in [0.3, 0.4) is 0 Å². The van der Waals surface area contributed by atoms with Crippen molar-refractivity contribution in [3.8, 4) is 0 Å². The van der Waals surface area contributed by atoms with Gasteiger partial charge in [0.1, 0.15) is 5.69 Å². The number of carbonyl (C=O) groups excluding carboxylic acids is 2. The number of nitrogens with two attached hydrogens (primary N) is 2. The number of aromatic nitrogens is 1. The first-order valence-electron chi connectivity index (χ1n) is 6.06. The number of anilines is 1. The van der Waals surface area contributed by atoms with Gasteiger partial charge in [-0.25, -0.2) is 0 Å². The number of nitrogens with zero attached hydrogens (tertiary/aromatic N) is 1. The zero-order valence-corrected chi connectivity index (χ0v) is 10.6. The van der Waals surface area contributed by atoms with Gasteiger partial charge in [0.25, 0.3) is 5.91 Å². The number of primary amides is 1. The van der Waals surface area contributed by atoms with Gasteiger partial charge < -0.3 is 21.4 Å². The van der Waals surface area contributed by atoms with Crippen LogP contribution >= 0.6 is 0 Å². The standard InChI is InChI=1S/C12H20N4O2/c1-2-6-16-8-9(13)7-10(16)12(18)15-5-3-4-11(14)17/h7-8H,2-6,13H2,1H3,(H2,14,17)(H,15,18). The second-order valence-electron chi connectivity index (χ2n) is 4.18. The Kier molecular flexibility index (Phi) is 5.23. The fourth-order valence-corrected chi connectivity index (χ4v) is 1.70. The van der Waals surface area contributed by atoms with Crippen molar-refractivity contribution in [1.82, 2.24) is 9.88 Å². The van der Waals surface area contributed by atoms with Crippen molar-refractivity contribution < 1.29 is 9.59 Å². The Balaban J connectivity index is 2.52. The Labute approximate surface area is 106 Å². The third-order valence-electron chi connectivity index (χ3n) is 2.50. The Hall–Kier alpha value is -1.98. The molecular formula is C12H20N4O2. The minimum Gasteiger partial charge on any atom is -0.397 e. The van der Waals surface area contributed by atoms with E-state index >= 15 is 0 Å². The van der Waals surface area contributed by atoms with E-state index in [-0.39, 0.29) is 18.2 Å². The first-order chi connectivity index (χ1) is 8.54. The summed E-state index contributed by atoms with van der Waals surface area (Å²) in [6.07, 6.45) is 3.50. The minimum atomic E-state index is -0.358. The highest BCUT2D eigenvalue weighted by molar-refractivity contribution is 5.93. The fraction of sp³-hybridized carbons (Fsp3) is 0.500. The molecule has 6 heteroatoms. The molecule has 0 saturated carbocycles. The topological polar surface area (TPSA) is 103 Å². The van der Waals surface area contributed by atoms with Crippen LogP contribution in [-0.4, -0.2) is 22.9 Å². The number of carbonyl (C=O) groups is 2. The quantitative estimate of drug-likeness (QED) is 0.615.